The first-order valence-electron chi connectivity index (χ1n) is 10.0. The number of piperidine rings is 1. The van der Waals surface area contributed by atoms with E-state index in [1.54, 1.807) is 0 Å². The summed E-state index contributed by atoms with van der Waals surface area (Å²) in [5.41, 5.74) is 0.980. The Kier molecular flexibility index (Phi) is 7.47. The molecule has 2 saturated heterocycles. The summed E-state index contributed by atoms with van der Waals surface area (Å²) in [5.74, 6) is 0.703. The fourth-order valence-corrected chi connectivity index (χ4v) is 3.91. The molecule has 3 rings (SSSR count). The van der Waals surface area contributed by atoms with Crippen molar-refractivity contribution in [1.82, 2.24) is 10.2 Å². The second-order valence-corrected chi connectivity index (χ2v) is 7.65. The van der Waals surface area contributed by atoms with E-state index in [-0.39, 0.29) is 5.91 Å². The number of amides is 1. The molecule has 1 amide bonds. The van der Waals surface area contributed by atoms with Crippen molar-refractivity contribution in [1.29, 1.82) is 0 Å². The Morgan fingerprint density at radius 3 is 2.69 bits per heavy atom. The summed E-state index contributed by atoms with van der Waals surface area (Å²) in [4.78, 5) is 14.3. The molecule has 0 saturated carbocycles. The highest BCUT2D eigenvalue weighted by molar-refractivity contribution is 5.75. The summed E-state index contributed by atoms with van der Waals surface area (Å²) in [6, 6.07) is 9.85. The highest BCUT2D eigenvalue weighted by Crippen LogP contribution is 2.21. The minimum atomic E-state index is -0.426. The molecule has 2 unspecified atom stereocenters. The SMILES string of the molecule is O=C(CCC1CCCO1)NCC1CCN(CC(O)c2ccccc2)CC1. The molecule has 0 spiro atoms. The number of benzene rings is 1. The van der Waals surface area contributed by atoms with Crippen molar-refractivity contribution in [3.8, 4) is 0 Å². The molecule has 5 heteroatoms. The topological polar surface area (TPSA) is 61.8 Å². The molecule has 2 N–H and O–H groups in total. The van der Waals surface area contributed by atoms with E-state index in [4.69, 9.17) is 4.74 Å². The lowest BCUT2D eigenvalue weighted by Crippen LogP contribution is -2.40. The van der Waals surface area contributed by atoms with Crippen LogP contribution in [0.25, 0.3) is 0 Å². The van der Waals surface area contributed by atoms with Crippen LogP contribution in [-0.4, -0.2) is 54.8 Å². The van der Waals surface area contributed by atoms with Crippen molar-refractivity contribution < 1.29 is 14.6 Å². The minimum Gasteiger partial charge on any atom is -0.387 e. The van der Waals surface area contributed by atoms with Crippen LogP contribution in [0.2, 0.25) is 0 Å². The maximum absolute atomic E-state index is 12.0. The van der Waals surface area contributed by atoms with Gasteiger partial charge in [-0.25, -0.2) is 0 Å². The van der Waals surface area contributed by atoms with Crippen molar-refractivity contribution in [2.45, 2.75) is 50.7 Å². The summed E-state index contributed by atoms with van der Waals surface area (Å²) in [6.07, 6.45) is 5.67. The third-order valence-corrected chi connectivity index (χ3v) is 5.63. The van der Waals surface area contributed by atoms with Gasteiger partial charge in [0, 0.05) is 26.1 Å². The van der Waals surface area contributed by atoms with Crippen molar-refractivity contribution in [3.63, 3.8) is 0 Å². The van der Waals surface area contributed by atoms with Gasteiger partial charge in [-0.1, -0.05) is 30.3 Å². The fraction of sp³-hybridized carbons (Fsp3) is 0.667. The van der Waals surface area contributed by atoms with E-state index >= 15 is 0 Å². The van der Waals surface area contributed by atoms with E-state index in [9.17, 15) is 9.90 Å². The molecular weight excluding hydrogens is 328 g/mol. The predicted octanol–water partition coefficient (Wildman–Crippen LogP) is 2.51. The minimum absolute atomic E-state index is 0.155. The van der Waals surface area contributed by atoms with Crippen molar-refractivity contribution in [2.75, 3.05) is 32.8 Å². The van der Waals surface area contributed by atoms with Gasteiger partial charge in [-0.05, 0) is 56.7 Å². The Hall–Kier alpha value is -1.43. The number of aliphatic hydroxyl groups excluding tert-OH is 1. The van der Waals surface area contributed by atoms with E-state index in [0.717, 1.165) is 63.9 Å². The Morgan fingerprint density at radius 1 is 1.23 bits per heavy atom. The van der Waals surface area contributed by atoms with Crippen LogP contribution in [0, 0.1) is 5.92 Å². The molecule has 5 nitrogen and oxygen atoms in total. The largest absolute Gasteiger partial charge is 0.387 e. The number of likely N-dealkylation sites (tertiary alicyclic amines) is 1. The number of β-amino-alcohol motifs (C(OH)–C–C–N with tert-alkyl or cyclic N) is 1. The lowest BCUT2D eigenvalue weighted by molar-refractivity contribution is -0.122. The number of carbonyl (C=O) groups is 1. The highest BCUT2D eigenvalue weighted by atomic mass is 16.5. The number of nitrogens with one attached hydrogen (secondary N) is 1. The van der Waals surface area contributed by atoms with Crippen LogP contribution in [0.5, 0.6) is 0 Å². The summed E-state index contributed by atoms with van der Waals surface area (Å²) in [5, 5.41) is 13.5. The van der Waals surface area contributed by atoms with Crippen molar-refractivity contribution in [2.24, 2.45) is 5.92 Å². The number of carbonyl (C=O) groups excluding carboxylic acids is 1. The summed E-state index contributed by atoms with van der Waals surface area (Å²) >= 11 is 0. The van der Waals surface area contributed by atoms with Crippen LogP contribution in [0.4, 0.5) is 0 Å². The molecule has 26 heavy (non-hydrogen) atoms. The number of hydrogen-bond acceptors (Lipinski definition) is 4. The van der Waals surface area contributed by atoms with Gasteiger partial charge in [-0.15, -0.1) is 0 Å². The molecule has 0 aromatic heterocycles. The normalized spacial score (nSPS) is 23.0. The molecule has 144 valence electrons. The standard InChI is InChI=1S/C21H32N2O3/c24-20(18-5-2-1-3-6-18)16-23-12-10-17(11-13-23)15-22-21(25)9-8-19-7-4-14-26-19/h1-3,5-6,17,19-20,24H,4,7-16H2,(H,22,25). The number of ether oxygens (including phenoxy) is 1. The van der Waals surface area contributed by atoms with Crippen LogP contribution < -0.4 is 5.32 Å². The van der Waals surface area contributed by atoms with Gasteiger partial charge in [0.2, 0.25) is 5.91 Å². The summed E-state index contributed by atoms with van der Waals surface area (Å²) < 4.78 is 5.57. The molecular formula is C21H32N2O3. The Balaban J connectivity index is 1.29. The first-order valence-corrected chi connectivity index (χ1v) is 10.0. The first-order chi connectivity index (χ1) is 12.7. The van der Waals surface area contributed by atoms with Gasteiger partial charge in [0.1, 0.15) is 0 Å². The van der Waals surface area contributed by atoms with Gasteiger partial charge >= 0.3 is 0 Å². The Morgan fingerprint density at radius 2 is 2.00 bits per heavy atom. The second kappa shape index (κ2) is 10.0. The van der Waals surface area contributed by atoms with Gasteiger partial charge in [0.05, 0.1) is 12.2 Å². The lowest BCUT2D eigenvalue weighted by atomic mass is 9.96. The molecule has 2 aliphatic rings. The van der Waals surface area contributed by atoms with Gasteiger partial charge in [-0.2, -0.15) is 0 Å². The quantitative estimate of drug-likeness (QED) is 0.748. The van der Waals surface area contributed by atoms with Crippen molar-refractivity contribution in [3.05, 3.63) is 35.9 Å². The molecule has 1 aromatic rings. The number of rotatable bonds is 8. The highest BCUT2D eigenvalue weighted by Gasteiger charge is 2.22. The zero-order valence-electron chi connectivity index (χ0n) is 15.6. The van der Waals surface area contributed by atoms with E-state index in [1.807, 2.05) is 30.3 Å². The van der Waals surface area contributed by atoms with Crippen LogP contribution in [-0.2, 0) is 9.53 Å². The zero-order valence-corrected chi connectivity index (χ0v) is 15.6. The predicted molar refractivity (Wildman–Crippen MR) is 102 cm³/mol. The van der Waals surface area contributed by atoms with Gasteiger partial charge < -0.3 is 20.1 Å². The first kappa shape index (κ1) is 19.3. The Bertz CT molecular complexity index is 537. The van der Waals surface area contributed by atoms with Gasteiger partial charge in [0.15, 0.2) is 0 Å². The third kappa shape index (κ3) is 6.08. The maximum Gasteiger partial charge on any atom is 0.220 e. The van der Waals surface area contributed by atoms with Crippen molar-refractivity contribution >= 4 is 5.91 Å². The van der Waals surface area contributed by atoms with E-state index in [0.29, 0.717) is 25.0 Å². The van der Waals surface area contributed by atoms with Crippen LogP contribution in [0.15, 0.2) is 30.3 Å². The van der Waals surface area contributed by atoms with Crippen LogP contribution in [0.1, 0.15) is 50.2 Å². The number of nitrogens with zero attached hydrogens (tertiary/aromatic N) is 1. The van der Waals surface area contributed by atoms with Gasteiger partial charge in [0.25, 0.3) is 0 Å². The fourth-order valence-electron chi connectivity index (χ4n) is 3.91. The lowest BCUT2D eigenvalue weighted by Gasteiger charge is -2.33. The molecule has 2 aliphatic heterocycles. The summed E-state index contributed by atoms with van der Waals surface area (Å²) in [7, 11) is 0. The molecule has 2 atom stereocenters. The smallest absolute Gasteiger partial charge is 0.220 e. The van der Waals surface area contributed by atoms with Crippen LogP contribution in [0.3, 0.4) is 0 Å². The van der Waals surface area contributed by atoms with Crippen LogP contribution >= 0.6 is 0 Å². The third-order valence-electron chi connectivity index (χ3n) is 5.63. The van der Waals surface area contributed by atoms with Gasteiger partial charge in [-0.3, -0.25) is 4.79 Å². The zero-order chi connectivity index (χ0) is 18.2. The molecule has 2 fully saturated rings. The second-order valence-electron chi connectivity index (χ2n) is 7.65. The van der Waals surface area contributed by atoms with E-state index < -0.39 is 6.10 Å². The van der Waals surface area contributed by atoms with E-state index in [1.165, 1.54) is 0 Å². The molecule has 1 aromatic carbocycles. The summed E-state index contributed by atoms with van der Waals surface area (Å²) in [6.45, 7) is 4.29. The monoisotopic (exact) mass is 360 g/mol. The molecule has 0 aliphatic carbocycles. The average molecular weight is 360 g/mol. The average Bonchev–Trinajstić information content (AvgIpc) is 3.20. The molecule has 0 radical (unpaired) electrons. The Labute approximate surface area is 156 Å². The van der Waals surface area contributed by atoms with E-state index in [2.05, 4.69) is 10.2 Å². The maximum atomic E-state index is 12.0. The number of aliphatic hydroxyl groups is 1. The number of hydrogen-bond donors (Lipinski definition) is 2. The molecule has 0 bridgehead atoms. The molecule has 2 heterocycles.